The van der Waals surface area contributed by atoms with Crippen molar-refractivity contribution in [2.75, 3.05) is 6.61 Å². The Morgan fingerprint density at radius 3 is 2.28 bits per heavy atom. The van der Waals surface area contributed by atoms with Crippen LogP contribution in [0.15, 0.2) is 109 Å². The van der Waals surface area contributed by atoms with Gasteiger partial charge in [-0.2, -0.15) is 0 Å². The predicted molar refractivity (Wildman–Crippen MR) is 195 cm³/mol. The normalized spacial score (nSPS) is 16.8. The fourth-order valence-electron chi connectivity index (χ4n) is 7.83. The molecule has 0 unspecified atom stereocenters. The lowest BCUT2D eigenvalue weighted by Crippen LogP contribution is -2.27. The van der Waals surface area contributed by atoms with Crippen LogP contribution >= 0.6 is 0 Å². The molecule has 0 radical (unpaired) electrons. The second-order valence-electron chi connectivity index (χ2n) is 14.3. The Morgan fingerprint density at radius 2 is 1.50 bits per heavy atom. The second-order valence-corrected chi connectivity index (χ2v) is 14.3. The van der Waals surface area contributed by atoms with Crippen molar-refractivity contribution in [1.82, 2.24) is 0 Å². The molecule has 0 aromatic heterocycles. The number of benzene rings is 5. The van der Waals surface area contributed by atoms with Crippen LogP contribution in [0.3, 0.4) is 0 Å². The van der Waals surface area contributed by atoms with Crippen LogP contribution in [-0.2, 0) is 14.9 Å². The summed E-state index contributed by atoms with van der Waals surface area (Å²) < 4.78 is 5.58. The van der Waals surface area contributed by atoms with Crippen LogP contribution in [0.4, 0.5) is 0 Å². The monoisotopic (exact) mass is 602 g/mol. The Hall–Kier alpha value is -4.69. The third kappa shape index (κ3) is 5.20. The number of fused-ring (bicyclic) bond motifs is 5. The van der Waals surface area contributed by atoms with E-state index in [1.807, 2.05) is 43.3 Å². The van der Waals surface area contributed by atoms with Gasteiger partial charge < -0.3 is 4.74 Å². The molecule has 0 spiro atoms. The van der Waals surface area contributed by atoms with Crippen LogP contribution < -0.4 is 0 Å². The highest BCUT2D eigenvalue weighted by molar-refractivity contribution is 6.23. The minimum atomic E-state index is -0.314. The Kier molecular flexibility index (Phi) is 7.35. The van der Waals surface area contributed by atoms with Crippen molar-refractivity contribution < 1.29 is 9.53 Å². The summed E-state index contributed by atoms with van der Waals surface area (Å²) in [6, 6.07) is 32.1. The van der Waals surface area contributed by atoms with Crippen molar-refractivity contribution >= 4 is 44.7 Å². The van der Waals surface area contributed by atoms with Gasteiger partial charge in [0.05, 0.1) is 12.2 Å². The van der Waals surface area contributed by atoms with Gasteiger partial charge in [0.2, 0.25) is 0 Å². The number of hydrogen-bond donors (Lipinski definition) is 0. The van der Waals surface area contributed by atoms with E-state index in [4.69, 9.17) is 4.74 Å². The van der Waals surface area contributed by atoms with Gasteiger partial charge in [-0.05, 0) is 116 Å². The topological polar surface area (TPSA) is 26.3 Å². The predicted octanol–water partition coefficient (Wildman–Crippen LogP) is 11.5. The Bertz CT molecular complexity index is 2120. The molecular formula is C44H42O2. The van der Waals surface area contributed by atoms with E-state index >= 15 is 0 Å². The van der Waals surface area contributed by atoms with E-state index in [1.165, 1.54) is 38.6 Å². The van der Waals surface area contributed by atoms with Crippen molar-refractivity contribution in [3.05, 3.63) is 137 Å². The SMILES string of the molecule is CCOC(=O)C(=Cc1c(-c2cc3ccc4c(c3cc2C)C(C)(C)CC2=C4C=CC(C)(C)C2)ccc2ccccc12)c1ccccc1. The molecular weight excluding hydrogens is 560 g/mol. The van der Waals surface area contributed by atoms with Crippen molar-refractivity contribution in [2.45, 2.75) is 59.8 Å². The summed E-state index contributed by atoms with van der Waals surface area (Å²) in [6.07, 6.45) is 9.00. The minimum absolute atomic E-state index is 0.0317. The van der Waals surface area contributed by atoms with Crippen LogP contribution in [0.1, 0.15) is 75.3 Å². The van der Waals surface area contributed by atoms with Crippen LogP contribution in [0.2, 0.25) is 0 Å². The average molecular weight is 603 g/mol. The van der Waals surface area contributed by atoms with Crippen molar-refractivity contribution in [3.8, 4) is 11.1 Å². The van der Waals surface area contributed by atoms with Gasteiger partial charge in [0, 0.05) is 0 Å². The number of aryl methyl sites for hydroxylation is 1. The van der Waals surface area contributed by atoms with Crippen LogP contribution in [0.25, 0.3) is 49.9 Å². The first-order valence-electron chi connectivity index (χ1n) is 16.5. The Morgan fingerprint density at radius 1 is 0.783 bits per heavy atom. The van der Waals surface area contributed by atoms with E-state index < -0.39 is 0 Å². The van der Waals surface area contributed by atoms with Crippen LogP contribution in [0.5, 0.6) is 0 Å². The number of rotatable bonds is 5. The Balaban J connectivity index is 1.45. The summed E-state index contributed by atoms with van der Waals surface area (Å²) in [5, 5.41) is 4.82. The molecule has 5 aromatic rings. The van der Waals surface area contributed by atoms with Gasteiger partial charge in [0.15, 0.2) is 0 Å². The number of hydrogen-bond acceptors (Lipinski definition) is 2. The van der Waals surface area contributed by atoms with Gasteiger partial charge in [-0.3, -0.25) is 0 Å². The van der Waals surface area contributed by atoms with E-state index in [-0.39, 0.29) is 16.8 Å². The highest BCUT2D eigenvalue weighted by Crippen LogP contribution is 2.51. The average Bonchev–Trinajstić information content (AvgIpc) is 3.02. The molecule has 46 heavy (non-hydrogen) atoms. The Labute approximate surface area is 273 Å². The third-order valence-corrected chi connectivity index (χ3v) is 9.87. The van der Waals surface area contributed by atoms with Crippen LogP contribution in [-0.4, -0.2) is 12.6 Å². The molecule has 2 heteroatoms. The first-order chi connectivity index (χ1) is 22.1. The van der Waals surface area contributed by atoms with Crippen molar-refractivity contribution in [3.63, 3.8) is 0 Å². The minimum Gasteiger partial charge on any atom is -0.462 e. The molecule has 2 aliphatic rings. The molecule has 0 saturated carbocycles. The standard InChI is InChI=1S/C44H42O2/c1-7-46-42(45)39(29-13-9-8-10-14-29)25-40-33-16-12-11-15-30(33)17-19-35(40)37-24-31-18-20-36-34-21-22-43(3,4)26-32(34)27-44(5,6)41(36)38(31)23-28(37)2/h8-25H,7,26-27H2,1-6H3. The molecule has 2 nitrogen and oxygen atoms in total. The maximum absolute atomic E-state index is 13.4. The quantitative estimate of drug-likeness (QED) is 0.114. The van der Waals surface area contributed by atoms with Gasteiger partial charge in [0.25, 0.3) is 0 Å². The molecule has 0 aliphatic heterocycles. The van der Waals surface area contributed by atoms with Gasteiger partial charge in [-0.15, -0.1) is 0 Å². The van der Waals surface area contributed by atoms with Crippen molar-refractivity contribution in [2.24, 2.45) is 5.41 Å². The lowest BCUT2D eigenvalue weighted by atomic mass is 9.64. The highest BCUT2D eigenvalue weighted by Gasteiger charge is 2.36. The molecule has 7 rings (SSSR count). The first kappa shape index (κ1) is 30.0. The van der Waals surface area contributed by atoms with Crippen LogP contribution in [0, 0.1) is 12.3 Å². The van der Waals surface area contributed by atoms with Gasteiger partial charge in [-0.25, -0.2) is 4.79 Å². The smallest absolute Gasteiger partial charge is 0.338 e. The van der Waals surface area contributed by atoms with Gasteiger partial charge in [0.1, 0.15) is 0 Å². The molecule has 0 heterocycles. The van der Waals surface area contributed by atoms with Crippen molar-refractivity contribution in [1.29, 1.82) is 0 Å². The fourth-order valence-corrected chi connectivity index (χ4v) is 7.83. The summed E-state index contributed by atoms with van der Waals surface area (Å²) in [4.78, 5) is 13.4. The lowest BCUT2D eigenvalue weighted by Gasteiger charge is -2.40. The van der Waals surface area contributed by atoms with Gasteiger partial charge >= 0.3 is 5.97 Å². The lowest BCUT2D eigenvalue weighted by molar-refractivity contribution is -0.136. The van der Waals surface area contributed by atoms with E-state index in [0.29, 0.717) is 12.2 Å². The zero-order chi connectivity index (χ0) is 32.2. The summed E-state index contributed by atoms with van der Waals surface area (Å²) in [6.45, 7) is 13.9. The van der Waals surface area contributed by atoms with E-state index in [0.717, 1.165) is 40.3 Å². The van der Waals surface area contributed by atoms with E-state index in [2.05, 4.69) is 107 Å². The summed E-state index contributed by atoms with van der Waals surface area (Å²) in [5.41, 5.74) is 12.0. The second kappa shape index (κ2) is 11.3. The summed E-state index contributed by atoms with van der Waals surface area (Å²) in [5.74, 6) is -0.314. The number of carbonyl (C=O) groups is 1. The molecule has 2 aliphatic carbocycles. The zero-order valence-corrected chi connectivity index (χ0v) is 27.8. The maximum Gasteiger partial charge on any atom is 0.338 e. The molecule has 5 aromatic carbocycles. The molecule has 0 amide bonds. The third-order valence-electron chi connectivity index (χ3n) is 9.87. The molecule has 0 fully saturated rings. The zero-order valence-electron chi connectivity index (χ0n) is 27.8. The molecule has 0 bridgehead atoms. The maximum atomic E-state index is 13.4. The fraction of sp³-hybridized carbons (Fsp3) is 0.250. The first-order valence-corrected chi connectivity index (χ1v) is 16.5. The molecule has 230 valence electrons. The number of allylic oxidation sites excluding steroid dienone is 4. The van der Waals surface area contributed by atoms with E-state index in [9.17, 15) is 4.79 Å². The highest BCUT2D eigenvalue weighted by atomic mass is 16.5. The number of ether oxygens (including phenoxy) is 1. The largest absolute Gasteiger partial charge is 0.462 e. The molecule has 0 saturated heterocycles. The summed E-state index contributed by atoms with van der Waals surface area (Å²) >= 11 is 0. The molecule has 0 N–H and O–H groups in total. The van der Waals surface area contributed by atoms with Gasteiger partial charge in [-0.1, -0.05) is 130 Å². The molecule has 0 atom stereocenters. The number of carbonyl (C=O) groups excluding carboxylic acids is 1. The summed E-state index contributed by atoms with van der Waals surface area (Å²) in [7, 11) is 0. The number of esters is 1. The van der Waals surface area contributed by atoms with E-state index in [1.54, 1.807) is 5.57 Å².